The molecule has 0 aliphatic rings. The largest absolute Gasteiger partial charge is 0.545 e. The first-order valence-electron chi connectivity index (χ1n) is 8.46. The lowest BCUT2D eigenvalue weighted by Crippen LogP contribution is -2.22. The fraction of sp³-hybridized carbons (Fsp3) is 0.0435. The molecule has 0 aromatic heterocycles. The predicted octanol–water partition coefficient (Wildman–Crippen LogP) is 4.35. The lowest BCUT2D eigenvalue weighted by molar-refractivity contribution is -0.255. The molecule has 5 heteroatoms. The van der Waals surface area contributed by atoms with E-state index in [4.69, 9.17) is 16.3 Å². The van der Waals surface area contributed by atoms with Crippen LogP contribution >= 0.6 is 11.6 Å². The van der Waals surface area contributed by atoms with Crippen LogP contribution in [0.25, 0.3) is 11.6 Å². The van der Waals surface area contributed by atoms with Gasteiger partial charge in [-0.15, -0.1) is 0 Å². The zero-order valence-electron chi connectivity index (χ0n) is 14.8. The molecule has 3 rings (SSSR count). The Morgan fingerprint density at radius 3 is 2.39 bits per heavy atom. The molecule has 0 radical (unpaired) electrons. The number of carboxylic acid groups (broad SMARTS) is 1. The van der Waals surface area contributed by atoms with E-state index in [1.807, 2.05) is 12.1 Å². The minimum Gasteiger partial charge on any atom is -0.545 e. The van der Waals surface area contributed by atoms with E-state index < -0.39 is 5.97 Å². The molecule has 4 nitrogen and oxygen atoms in total. The van der Waals surface area contributed by atoms with Crippen molar-refractivity contribution in [3.8, 4) is 11.8 Å². The van der Waals surface area contributed by atoms with Crippen LogP contribution in [0.2, 0.25) is 5.02 Å². The van der Waals surface area contributed by atoms with E-state index in [1.54, 1.807) is 54.6 Å². The number of rotatable bonds is 6. The van der Waals surface area contributed by atoms with Gasteiger partial charge in [0.25, 0.3) is 0 Å². The molecular weight excluding hydrogens is 374 g/mol. The number of carbonyl (C=O) groups is 1. The van der Waals surface area contributed by atoms with Gasteiger partial charge in [0.2, 0.25) is 0 Å². The third-order valence-electron chi connectivity index (χ3n) is 4.03. The molecule has 0 saturated carbocycles. The average molecular weight is 389 g/mol. The van der Waals surface area contributed by atoms with Crippen LogP contribution in [0.15, 0.2) is 72.8 Å². The summed E-state index contributed by atoms with van der Waals surface area (Å²) in [5.74, 6) is -0.576. The number of carboxylic acids is 1. The van der Waals surface area contributed by atoms with Crippen molar-refractivity contribution in [1.82, 2.24) is 0 Å². The van der Waals surface area contributed by atoms with E-state index in [2.05, 4.69) is 6.07 Å². The number of hydrogen-bond acceptors (Lipinski definition) is 4. The molecule has 3 aromatic rings. The van der Waals surface area contributed by atoms with Crippen LogP contribution in [-0.2, 0) is 6.61 Å². The number of carbonyl (C=O) groups excluding carboxylic acids is 1. The van der Waals surface area contributed by atoms with Crippen molar-refractivity contribution in [3.05, 3.63) is 100 Å². The highest BCUT2D eigenvalue weighted by Crippen LogP contribution is 2.21. The van der Waals surface area contributed by atoms with Gasteiger partial charge < -0.3 is 14.6 Å². The number of hydrogen-bond donors (Lipinski definition) is 0. The standard InChI is InChI=1S/C23H16ClNO3/c24-21-8-6-18(7-9-21)20(14-25)12-16-4-10-22(11-5-16)28-15-17-2-1-3-19(13-17)23(26)27/h1-13H,15H2,(H,26,27)/p-1/b20-12-. The molecule has 0 atom stereocenters. The monoisotopic (exact) mass is 388 g/mol. The number of ether oxygens (including phenoxy) is 1. The molecule has 138 valence electrons. The fourth-order valence-corrected chi connectivity index (χ4v) is 2.72. The van der Waals surface area contributed by atoms with Gasteiger partial charge in [0.15, 0.2) is 0 Å². The highest BCUT2D eigenvalue weighted by atomic mass is 35.5. The Hall–Kier alpha value is -3.55. The number of aromatic carboxylic acids is 1. The van der Waals surface area contributed by atoms with Crippen molar-refractivity contribution in [2.24, 2.45) is 0 Å². The van der Waals surface area contributed by atoms with Gasteiger partial charge in [0, 0.05) is 5.02 Å². The lowest BCUT2D eigenvalue weighted by atomic mass is 10.0. The van der Waals surface area contributed by atoms with Gasteiger partial charge in [-0.25, -0.2) is 0 Å². The first kappa shape index (κ1) is 19.2. The molecule has 3 aromatic carbocycles. The highest BCUT2D eigenvalue weighted by Gasteiger charge is 2.03. The molecule has 0 amide bonds. The zero-order valence-corrected chi connectivity index (χ0v) is 15.5. The predicted molar refractivity (Wildman–Crippen MR) is 106 cm³/mol. The Morgan fingerprint density at radius 1 is 1.04 bits per heavy atom. The van der Waals surface area contributed by atoms with Crippen LogP contribution in [-0.4, -0.2) is 5.97 Å². The van der Waals surface area contributed by atoms with E-state index in [0.29, 0.717) is 16.3 Å². The van der Waals surface area contributed by atoms with Gasteiger partial charge in [0.1, 0.15) is 12.4 Å². The van der Waals surface area contributed by atoms with Crippen molar-refractivity contribution < 1.29 is 14.6 Å². The molecule has 0 aliphatic heterocycles. The minimum absolute atomic E-state index is 0.118. The summed E-state index contributed by atoms with van der Waals surface area (Å²) in [5, 5.41) is 20.9. The van der Waals surface area contributed by atoms with Crippen molar-refractivity contribution in [2.45, 2.75) is 6.61 Å². The SMILES string of the molecule is N#C/C(=C/c1ccc(OCc2cccc(C(=O)[O-])c2)cc1)c1ccc(Cl)cc1. The molecule has 28 heavy (non-hydrogen) atoms. The topological polar surface area (TPSA) is 73.1 Å². The van der Waals surface area contributed by atoms with Crippen LogP contribution in [0.5, 0.6) is 5.75 Å². The van der Waals surface area contributed by atoms with Crippen molar-refractivity contribution in [2.75, 3.05) is 0 Å². The van der Waals surface area contributed by atoms with Crippen LogP contribution < -0.4 is 9.84 Å². The zero-order chi connectivity index (χ0) is 19.9. The van der Waals surface area contributed by atoms with E-state index in [-0.39, 0.29) is 12.2 Å². The van der Waals surface area contributed by atoms with E-state index in [0.717, 1.165) is 16.7 Å². The van der Waals surface area contributed by atoms with E-state index >= 15 is 0 Å². The van der Waals surface area contributed by atoms with Gasteiger partial charge in [-0.3, -0.25) is 0 Å². The van der Waals surface area contributed by atoms with E-state index in [1.165, 1.54) is 12.1 Å². The lowest BCUT2D eigenvalue weighted by Gasteiger charge is -2.09. The normalized spacial score (nSPS) is 10.9. The summed E-state index contributed by atoms with van der Waals surface area (Å²) >= 11 is 5.89. The Labute approximate surface area is 167 Å². The second-order valence-corrected chi connectivity index (χ2v) is 6.46. The van der Waals surface area contributed by atoms with Crippen LogP contribution in [0.3, 0.4) is 0 Å². The summed E-state index contributed by atoms with van der Waals surface area (Å²) in [7, 11) is 0. The summed E-state index contributed by atoms with van der Waals surface area (Å²) in [6, 6.07) is 23.0. The summed E-state index contributed by atoms with van der Waals surface area (Å²) in [4.78, 5) is 10.9. The van der Waals surface area contributed by atoms with Gasteiger partial charge in [-0.1, -0.05) is 54.1 Å². The maximum Gasteiger partial charge on any atom is 0.119 e. The number of benzene rings is 3. The van der Waals surface area contributed by atoms with Crippen LogP contribution in [0, 0.1) is 11.3 Å². The summed E-state index contributed by atoms with van der Waals surface area (Å²) in [6.07, 6.45) is 1.79. The summed E-state index contributed by atoms with van der Waals surface area (Å²) < 4.78 is 5.70. The van der Waals surface area contributed by atoms with Crippen LogP contribution in [0.4, 0.5) is 0 Å². The molecule has 0 saturated heterocycles. The second kappa shape index (κ2) is 8.90. The third-order valence-corrected chi connectivity index (χ3v) is 4.29. The van der Waals surface area contributed by atoms with Crippen molar-refractivity contribution in [1.29, 1.82) is 5.26 Å². The molecule has 0 heterocycles. The van der Waals surface area contributed by atoms with E-state index in [9.17, 15) is 15.2 Å². The van der Waals surface area contributed by atoms with Gasteiger partial charge in [-0.05, 0) is 58.7 Å². The number of nitriles is 1. The molecule has 0 aliphatic carbocycles. The molecule has 0 unspecified atom stereocenters. The Balaban J connectivity index is 1.69. The number of halogens is 1. The third kappa shape index (κ3) is 5.00. The molecule has 0 spiro atoms. The maximum atomic E-state index is 10.9. The van der Waals surface area contributed by atoms with Gasteiger partial charge >= 0.3 is 0 Å². The number of nitrogens with zero attached hydrogens (tertiary/aromatic N) is 1. The fourth-order valence-electron chi connectivity index (χ4n) is 2.59. The second-order valence-electron chi connectivity index (χ2n) is 6.02. The molecule has 0 N–H and O–H groups in total. The smallest absolute Gasteiger partial charge is 0.119 e. The Morgan fingerprint density at radius 2 is 1.75 bits per heavy atom. The first-order chi connectivity index (χ1) is 13.5. The first-order valence-corrected chi connectivity index (χ1v) is 8.84. The molecule has 0 bridgehead atoms. The van der Waals surface area contributed by atoms with Gasteiger partial charge in [-0.2, -0.15) is 5.26 Å². The Kier molecular flexibility index (Phi) is 6.11. The molecule has 0 fully saturated rings. The molecular formula is C23H15ClNO3-. The average Bonchev–Trinajstić information content (AvgIpc) is 2.72. The summed E-state index contributed by atoms with van der Waals surface area (Å²) in [6.45, 7) is 0.241. The van der Waals surface area contributed by atoms with Crippen molar-refractivity contribution >= 4 is 29.2 Å². The maximum absolute atomic E-state index is 10.9. The number of allylic oxidation sites excluding steroid dienone is 1. The highest BCUT2D eigenvalue weighted by molar-refractivity contribution is 6.30. The van der Waals surface area contributed by atoms with Crippen LogP contribution in [0.1, 0.15) is 27.0 Å². The quantitative estimate of drug-likeness (QED) is 0.465. The van der Waals surface area contributed by atoms with Gasteiger partial charge in [0.05, 0.1) is 17.6 Å². The van der Waals surface area contributed by atoms with Crippen molar-refractivity contribution in [3.63, 3.8) is 0 Å². The minimum atomic E-state index is -1.22. The Bertz CT molecular complexity index is 1050. The summed E-state index contributed by atoms with van der Waals surface area (Å²) in [5.41, 5.74) is 3.04.